The summed E-state index contributed by atoms with van der Waals surface area (Å²) in [4.78, 5) is 9.99. The molecule has 5 nitrogen and oxygen atoms in total. The lowest BCUT2D eigenvalue weighted by Crippen LogP contribution is -1.98. The standard InChI is InChI=1S/C8H10N2O3/c1-5-3-6(13-2)4-7(8(5)9)10(11)12/h3-4H,9H2,1-2H3. The molecule has 0 aliphatic rings. The van der Waals surface area contributed by atoms with Crippen LogP contribution in [0.2, 0.25) is 0 Å². The van der Waals surface area contributed by atoms with Crippen molar-refractivity contribution >= 4 is 11.4 Å². The van der Waals surface area contributed by atoms with E-state index in [0.29, 0.717) is 11.3 Å². The Morgan fingerprint density at radius 3 is 2.62 bits per heavy atom. The van der Waals surface area contributed by atoms with E-state index in [1.165, 1.54) is 13.2 Å². The van der Waals surface area contributed by atoms with Crippen molar-refractivity contribution in [3.8, 4) is 5.75 Å². The van der Waals surface area contributed by atoms with Crippen molar-refractivity contribution in [1.29, 1.82) is 0 Å². The van der Waals surface area contributed by atoms with Gasteiger partial charge in [0.25, 0.3) is 5.69 Å². The summed E-state index contributed by atoms with van der Waals surface area (Å²) < 4.78 is 4.88. The van der Waals surface area contributed by atoms with Crippen molar-refractivity contribution in [1.82, 2.24) is 0 Å². The maximum Gasteiger partial charge on any atom is 0.296 e. The Labute approximate surface area is 75.3 Å². The lowest BCUT2D eigenvalue weighted by atomic mass is 10.1. The first-order valence-corrected chi connectivity index (χ1v) is 3.64. The monoisotopic (exact) mass is 182 g/mol. The highest BCUT2D eigenvalue weighted by Crippen LogP contribution is 2.29. The van der Waals surface area contributed by atoms with E-state index < -0.39 is 4.92 Å². The van der Waals surface area contributed by atoms with Gasteiger partial charge < -0.3 is 10.5 Å². The topological polar surface area (TPSA) is 78.4 Å². The zero-order valence-corrected chi connectivity index (χ0v) is 7.40. The van der Waals surface area contributed by atoms with Crippen LogP contribution in [0.5, 0.6) is 5.75 Å². The van der Waals surface area contributed by atoms with Gasteiger partial charge in [-0.1, -0.05) is 0 Å². The molecule has 0 aliphatic heterocycles. The fourth-order valence-electron chi connectivity index (χ4n) is 1.02. The average Bonchev–Trinajstić information content (AvgIpc) is 2.09. The molecule has 1 aromatic carbocycles. The predicted molar refractivity (Wildman–Crippen MR) is 48.8 cm³/mol. The number of benzene rings is 1. The SMILES string of the molecule is COc1cc(C)c(N)c([N+](=O)[O-])c1. The number of hydrogen-bond donors (Lipinski definition) is 1. The van der Waals surface area contributed by atoms with Crippen molar-refractivity contribution < 1.29 is 9.66 Å². The Balaban J connectivity index is 3.33. The van der Waals surface area contributed by atoms with Crippen molar-refractivity contribution in [3.05, 3.63) is 27.8 Å². The van der Waals surface area contributed by atoms with Gasteiger partial charge in [-0.05, 0) is 18.6 Å². The van der Waals surface area contributed by atoms with Gasteiger partial charge in [-0.3, -0.25) is 10.1 Å². The second-order valence-corrected chi connectivity index (χ2v) is 2.63. The summed E-state index contributed by atoms with van der Waals surface area (Å²) in [7, 11) is 1.45. The second kappa shape index (κ2) is 3.30. The quantitative estimate of drug-likeness (QED) is 0.427. The van der Waals surface area contributed by atoms with Crippen LogP contribution in [0.15, 0.2) is 12.1 Å². The number of nitrogen functional groups attached to an aromatic ring is 1. The fraction of sp³-hybridized carbons (Fsp3) is 0.250. The summed E-state index contributed by atoms with van der Waals surface area (Å²) >= 11 is 0. The van der Waals surface area contributed by atoms with Crippen LogP contribution >= 0.6 is 0 Å². The van der Waals surface area contributed by atoms with Crippen molar-refractivity contribution in [3.63, 3.8) is 0 Å². The number of ether oxygens (including phenoxy) is 1. The first kappa shape index (κ1) is 9.31. The van der Waals surface area contributed by atoms with E-state index in [1.807, 2.05) is 0 Å². The first-order valence-electron chi connectivity index (χ1n) is 3.64. The molecule has 0 aliphatic carbocycles. The number of nitro benzene ring substituents is 1. The van der Waals surface area contributed by atoms with E-state index >= 15 is 0 Å². The molecule has 1 rings (SSSR count). The molecule has 0 saturated heterocycles. The highest BCUT2D eigenvalue weighted by Gasteiger charge is 2.14. The third kappa shape index (κ3) is 1.69. The van der Waals surface area contributed by atoms with Crippen molar-refractivity contribution in [2.45, 2.75) is 6.92 Å². The molecule has 0 atom stereocenters. The van der Waals surface area contributed by atoms with Gasteiger partial charge in [0.05, 0.1) is 18.1 Å². The van der Waals surface area contributed by atoms with Crippen LogP contribution in [0.25, 0.3) is 0 Å². The minimum atomic E-state index is -0.523. The highest BCUT2D eigenvalue weighted by molar-refractivity contribution is 5.65. The lowest BCUT2D eigenvalue weighted by Gasteiger charge is -2.04. The van der Waals surface area contributed by atoms with Crippen LogP contribution in [0, 0.1) is 17.0 Å². The molecule has 0 amide bonds. The average molecular weight is 182 g/mol. The smallest absolute Gasteiger partial charge is 0.296 e. The largest absolute Gasteiger partial charge is 0.496 e. The minimum Gasteiger partial charge on any atom is -0.496 e. The molecular weight excluding hydrogens is 172 g/mol. The zero-order chi connectivity index (χ0) is 10.0. The summed E-state index contributed by atoms with van der Waals surface area (Å²) in [6.07, 6.45) is 0. The summed E-state index contributed by atoms with van der Waals surface area (Å²) in [5.41, 5.74) is 6.23. The number of aryl methyl sites for hydroxylation is 1. The molecular formula is C8H10N2O3. The number of nitro groups is 1. The normalized spacial score (nSPS) is 9.69. The molecule has 5 heteroatoms. The first-order chi connectivity index (χ1) is 6.06. The van der Waals surface area contributed by atoms with E-state index in [0.717, 1.165) is 0 Å². The molecule has 0 saturated carbocycles. The molecule has 0 radical (unpaired) electrons. The van der Waals surface area contributed by atoms with Crippen LogP contribution in [0.1, 0.15) is 5.56 Å². The number of hydrogen-bond acceptors (Lipinski definition) is 4. The molecule has 0 aromatic heterocycles. The molecule has 1 aromatic rings. The number of methoxy groups -OCH3 is 1. The van der Waals surface area contributed by atoms with Gasteiger partial charge in [-0.25, -0.2) is 0 Å². The third-order valence-electron chi connectivity index (χ3n) is 1.77. The van der Waals surface area contributed by atoms with Crippen LogP contribution in [-0.4, -0.2) is 12.0 Å². The Hall–Kier alpha value is -1.78. The molecule has 70 valence electrons. The molecule has 0 unspecified atom stereocenters. The van der Waals surface area contributed by atoms with Crippen molar-refractivity contribution in [2.24, 2.45) is 0 Å². The van der Waals surface area contributed by atoms with E-state index in [9.17, 15) is 10.1 Å². The lowest BCUT2D eigenvalue weighted by molar-refractivity contribution is -0.384. The summed E-state index contributed by atoms with van der Waals surface area (Å²) in [6.45, 7) is 1.70. The van der Waals surface area contributed by atoms with Gasteiger partial charge in [0, 0.05) is 0 Å². The summed E-state index contributed by atoms with van der Waals surface area (Å²) in [6, 6.07) is 2.96. The Kier molecular flexibility index (Phi) is 2.36. The van der Waals surface area contributed by atoms with Crippen LogP contribution in [-0.2, 0) is 0 Å². The Bertz CT molecular complexity index is 349. The Morgan fingerprint density at radius 2 is 2.15 bits per heavy atom. The van der Waals surface area contributed by atoms with Gasteiger partial charge in [0.2, 0.25) is 0 Å². The number of rotatable bonds is 2. The van der Waals surface area contributed by atoms with E-state index in [2.05, 4.69) is 0 Å². The van der Waals surface area contributed by atoms with E-state index in [-0.39, 0.29) is 11.4 Å². The molecule has 0 spiro atoms. The number of anilines is 1. The van der Waals surface area contributed by atoms with Crippen LogP contribution in [0.3, 0.4) is 0 Å². The zero-order valence-electron chi connectivity index (χ0n) is 7.40. The van der Waals surface area contributed by atoms with E-state index in [1.54, 1.807) is 13.0 Å². The highest BCUT2D eigenvalue weighted by atomic mass is 16.6. The molecule has 0 bridgehead atoms. The minimum absolute atomic E-state index is 0.114. The summed E-state index contributed by atoms with van der Waals surface area (Å²) in [5, 5.41) is 10.5. The molecule has 13 heavy (non-hydrogen) atoms. The number of nitrogens with two attached hydrogens (primary N) is 1. The summed E-state index contributed by atoms with van der Waals surface area (Å²) in [5.74, 6) is 0.443. The van der Waals surface area contributed by atoms with Gasteiger partial charge in [-0.15, -0.1) is 0 Å². The van der Waals surface area contributed by atoms with Gasteiger partial charge in [0.1, 0.15) is 11.4 Å². The maximum absolute atomic E-state index is 10.5. The molecule has 0 heterocycles. The van der Waals surface area contributed by atoms with Crippen LogP contribution < -0.4 is 10.5 Å². The van der Waals surface area contributed by atoms with Gasteiger partial charge in [-0.2, -0.15) is 0 Å². The Morgan fingerprint density at radius 1 is 1.54 bits per heavy atom. The molecule has 2 N–H and O–H groups in total. The van der Waals surface area contributed by atoms with Gasteiger partial charge >= 0.3 is 0 Å². The number of nitrogens with zero attached hydrogens (tertiary/aromatic N) is 1. The van der Waals surface area contributed by atoms with Gasteiger partial charge in [0.15, 0.2) is 0 Å². The van der Waals surface area contributed by atoms with Crippen molar-refractivity contribution in [2.75, 3.05) is 12.8 Å². The third-order valence-corrected chi connectivity index (χ3v) is 1.77. The maximum atomic E-state index is 10.5. The van der Waals surface area contributed by atoms with E-state index in [4.69, 9.17) is 10.5 Å². The predicted octanol–water partition coefficient (Wildman–Crippen LogP) is 1.49. The van der Waals surface area contributed by atoms with Crippen LogP contribution in [0.4, 0.5) is 11.4 Å². The fourth-order valence-corrected chi connectivity index (χ4v) is 1.02. The molecule has 0 fully saturated rings. The second-order valence-electron chi connectivity index (χ2n) is 2.63.